The number of aryl methyl sites for hydroxylation is 1. The molecule has 5 rings (SSSR count). The molecular weight excluding hydrogens is 322 g/mol. The van der Waals surface area contributed by atoms with Crippen molar-refractivity contribution < 1.29 is 4.79 Å². The molecule has 2 saturated heterocycles. The first kappa shape index (κ1) is 16.4. The van der Waals surface area contributed by atoms with Crippen LogP contribution in [-0.2, 0) is 13.0 Å². The van der Waals surface area contributed by atoms with Crippen LogP contribution in [0.2, 0.25) is 0 Å². The molecule has 1 aromatic carbocycles. The lowest BCUT2D eigenvalue weighted by Crippen LogP contribution is -2.56. The second kappa shape index (κ2) is 6.12. The number of carbonyl (C=O) groups is 1. The van der Waals surface area contributed by atoms with E-state index in [4.69, 9.17) is 0 Å². The molecule has 3 aliphatic rings. The lowest BCUT2D eigenvalue weighted by Gasteiger charge is -2.49. The fourth-order valence-corrected chi connectivity index (χ4v) is 5.76. The van der Waals surface area contributed by atoms with Crippen LogP contribution in [-0.4, -0.2) is 52.0 Å². The first-order chi connectivity index (χ1) is 12.7. The summed E-state index contributed by atoms with van der Waals surface area (Å²) in [5.74, 6) is 0.260. The minimum absolute atomic E-state index is 0.260. The Bertz CT molecular complexity index is 840. The average molecular weight is 351 g/mol. The third-order valence-electron chi connectivity index (χ3n) is 7.19. The first-order valence-electron chi connectivity index (χ1n) is 10.3. The zero-order valence-corrected chi connectivity index (χ0v) is 15.9. The Morgan fingerprint density at radius 1 is 1.12 bits per heavy atom. The second-order valence-corrected chi connectivity index (χ2v) is 8.42. The van der Waals surface area contributed by atoms with Crippen molar-refractivity contribution in [3.63, 3.8) is 0 Å². The number of amides is 1. The predicted octanol–water partition coefficient (Wildman–Crippen LogP) is 3.67. The van der Waals surface area contributed by atoms with Gasteiger partial charge in [-0.3, -0.25) is 4.79 Å². The van der Waals surface area contributed by atoms with Crippen molar-refractivity contribution in [2.75, 3.05) is 13.6 Å². The third-order valence-corrected chi connectivity index (χ3v) is 7.19. The molecule has 1 aromatic heterocycles. The number of nitrogens with zero attached hydrogens (tertiary/aromatic N) is 3. The molecule has 138 valence electrons. The van der Waals surface area contributed by atoms with Gasteiger partial charge < -0.3 is 14.4 Å². The smallest absolute Gasteiger partial charge is 0.254 e. The van der Waals surface area contributed by atoms with E-state index in [1.165, 1.54) is 35.7 Å². The Morgan fingerprint density at radius 2 is 1.88 bits per heavy atom. The number of rotatable bonds is 2. The van der Waals surface area contributed by atoms with E-state index >= 15 is 0 Å². The summed E-state index contributed by atoms with van der Waals surface area (Å²) in [4.78, 5) is 18.3. The van der Waals surface area contributed by atoms with E-state index in [1.54, 1.807) is 0 Å². The van der Waals surface area contributed by atoms with Gasteiger partial charge in [-0.15, -0.1) is 0 Å². The van der Waals surface area contributed by atoms with Crippen LogP contribution in [0.3, 0.4) is 0 Å². The number of carbonyl (C=O) groups excluding carboxylic acids is 1. The van der Waals surface area contributed by atoms with Gasteiger partial charge >= 0.3 is 0 Å². The summed E-state index contributed by atoms with van der Waals surface area (Å²) in [6, 6.07) is 7.99. The first-order valence-corrected chi connectivity index (χ1v) is 10.3. The van der Waals surface area contributed by atoms with Gasteiger partial charge in [0.2, 0.25) is 0 Å². The standard InChI is InChI=1S/C22H29N3O/c1-3-24-14-15-10-11-25(22(26)19-8-5-9-20(24)21(15)19)18-12-16-6-4-7-17(13-18)23(16)2/h5,8-9,14,16-18H,3-4,6-7,10-13H2,1-2H3. The van der Waals surface area contributed by atoms with Gasteiger partial charge in [-0.25, -0.2) is 0 Å². The zero-order valence-electron chi connectivity index (χ0n) is 15.9. The summed E-state index contributed by atoms with van der Waals surface area (Å²) in [5.41, 5.74) is 3.49. The number of aromatic nitrogens is 1. The Labute approximate surface area is 155 Å². The Balaban J connectivity index is 1.51. The number of benzene rings is 1. The van der Waals surface area contributed by atoms with E-state index in [9.17, 15) is 4.79 Å². The Kier molecular flexibility index (Phi) is 3.85. The van der Waals surface area contributed by atoms with Crippen LogP contribution in [0.15, 0.2) is 24.4 Å². The number of hydrogen-bond acceptors (Lipinski definition) is 2. The van der Waals surface area contributed by atoms with Crippen LogP contribution in [0.4, 0.5) is 0 Å². The minimum atomic E-state index is 0.260. The van der Waals surface area contributed by atoms with E-state index in [0.717, 1.165) is 37.9 Å². The van der Waals surface area contributed by atoms with E-state index in [2.05, 4.69) is 46.7 Å². The summed E-state index contributed by atoms with van der Waals surface area (Å²) in [6.07, 6.45) is 9.49. The normalized spacial score (nSPS) is 29.2. The van der Waals surface area contributed by atoms with Crippen molar-refractivity contribution >= 4 is 16.8 Å². The fraction of sp³-hybridized carbons (Fsp3) is 0.591. The Morgan fingerprint density at radius 3 is 2.62 bits per heavy atom. The molecule has 2 bridgehead atoms. The molecule has 4 nitrogen and oxygen atoms in total. The lowest BCUT2D eigenvalue weighted by molar-refractivity contribution is 0.0106. The van der Waals surface area contributed by atoms with Crippen molar-refractivity contribution in [3.05, 3.63) is 35.5 Å². The lowest BCUT2D eigenvalue weighted by atomic mass is 9.81. The molecule has 4 heterocycles. The molecule has 3 aliphatic heterocycles. The van der Waals surface area contributed by atoms with Gasteiger partial charge in [0.1, 0.15) is 0 Å². The minimum Gasteiger partial charge on any atom is -0.347 e. The zero-order chi connectivity index (χ0) is 17.8. The maximum Gasteiger partial charge on any atom is 0.254 e. The molecule has 26 heavy (non-hydrogen) atoms. The van der Waals surface area contributed by atoms with Gasteiger partial charge in [-0.2, -0.15) is 0 Å². The summed E-state index contributed by atoms with van der Waals surface area (Å²) < 4.78 is 2.29. The van der Waals surface area contributed by atoms with Gasteiger partial charge in [-0.1, -0.05) is 12.5 Å². The summed E-state index contributed by atoms with van der Waals surface area (Å²) >= 11 is 0. The molecular formula is C22H29N3O. The highest BCUT2D eigenvalue weighted by Crippen LogP contribution is 2.37. The molecule has 1 amide bonds. The monoisotopic (exact) mass is 351 g/mol. The molecule has 2 unspecified atom stereocenters. The molecule has 2 aromatic rings. The van der Waals surface area contributed by atoms with Crippen molar-refractivity contribution in [1.82, 2.24) is 14.4 Å². The number of piperidine rings is 2. The fourth-order valence-electron chi connectivity index (χ4n) is 5.76. The molecule has 0 spiro atoms. The van der Waals surface area contributed by atoms with Gasteiger partial charge in [-0.05, 0) is 63.8 Å². The Hall–Kier alpha value is -1.81. The number of fused-ring (bicyclic) bond motifs is 2. The van der Waals surface area contributed by atoms with E-state index in [1.807, 2.05) is 6.07 Å². The van der Waals surface area contributed by atoms with Crippen molar-refractivity contribution in [1.29, 1.82) is 0 Å². The summed E-state index contributed by atoms with van der Waals surface area (Å²) in [5, 5.41) is 1.20. The van der Waals surface area contributed by atoms with Crippen LogP contribution in [0, 0.1) is 0 Å². The quantitative estimate of drug-likeness (QED) is 0.826. The maximum atomic E-state index is 13.5. The van der Waals surface area contributed by atoms with E-state index in [0.29, 0.717) is 18.1 Å². The topological polar surface area (TPSA) is 28.5 Å². The van der Waals surface area contributed by atoms with Crippen molar-refractivity contribution in [2.24, 2.45) is 0 Å². The molecule has 2 fully saturated rings. The predicted molar refractivity (Wildman–Crippen MR) is 105 cm³/mol. The SMILES string of the molecule is CCn1cc2c3c(cccc31)C(=O)N(C1CC3CCCC(C1)N3C)CC2. The van der Waals surface area contributed by atoms with Gasteiger partial charge in [0.05, 0.1) is 0 Å². The van der Waals surface area contributed by atoms with Gasteiger partial charge in [0, 0.05) is 53.9 Å². The molecule has 2 atom stereocenters. The average Bonchev–Trinajstić information content (AvgIpc) is 2.93. The summed E-state index contributed by atoms with van der Waals surface area (Å²) in [6.45, 7) is 3.99. The number of hydrogen-bond donors (Lipinski definition) is 0. The van der Waals surface area contributed by atoms with Crippen LogP contribution >= 0.6 is 0 Å². The summed E-state index contributed by atoms with van der Waals surface area (Å²) in [7, 11) is 2.29. The van der Waals surface area contributed by atoms with E-state index in [-0.39, 0.29) is 5.91 Å². The van der Waals surface area contributed by atoms with Gasteiger partial charge in [0.15, 0.2) is 0 Å². The molecule has 0 N–H and O–H groups in total. The molecule has 0 aliphatic carbocycles. The molecule has 0 saturated carbocycles. The van der Waals surface area contributed by atoms with E-state index < -0.39 is 0 Å². The van der Waals surface area contributed by atoms with Crippen LogP contribution in [0.5, 0.6) is 0 Å². The third kappa shape index (κ3) is 2.34. The van der Waals surface area contributed by atoms with Crippen molar-refractivity contribution in [3.8, 4) is 0 Å². The second-order valence-electron chi connectivity index (χ2n) is 8.42. The molecule has 4 heteroatoms. The largest absolute Gasteiger partial charge is 0.347 e. The van der Waals surface area contributed by atoms with Gasteiger partial charge in [0.25, 0.3) is 5.91 Å². The van der Waals surface area contributed by atoms with Crippen LogP contribution in [0.25, 0.3) is 10.9 Å². The van der Waals surface area contributed by atoms with Crippen molar-refractivity contribution in [2.45, 2.75) is 70.1 Å². The highest BCUT2D eigenvalue weighted by Gasteiger charge is 2.40. The van der Waals surface area contributed by atoms with Crippen LogP contribution in [0.1, 0.15) is 54.9 Å². The highest BCUT2D eigenvalue weighted by atomic mass is 16.2. The maximum absolute atomic E-state index is 13.5. The highest BCUT2D eigenvalue weighted by molar-refractivity contribution is 6.08. The van der Waals surface area contributed by atoms with Crippen LogP contribution < -0.4 is 0 Å². The molecule has 0 radical (unpaired) electrons.